The van der Waals surface area contributed by atoms with Gasteiger partial charge in [-0.2, -0.15) is 0 Å². The standard InChI is InChI=1S/C12H24NOP.BF4/c1-3-5-8-11-12(15(11,14)4-2)13-9-6-7-10-13;2-1(3,4)5/h11-12H,3-10H2,1-2H3;/q;-1/p+1. The average molecular weight is 317 g/mol. The van der Waals surface area contributed by atoms with Crippen LogP contribution in [-0.4, -0.2) is 37.9 Å². The third kappa shape index (κ3) is 5.07. The molecule has 2 heterocycles. The van der Waals surface area contributed by atoms with Crippen molar-refractivity contribution in [3.8, 4) is 0 Å². The van der Waals surface area contributed by atoms with Crippen molar-refractivity contribution in [2.24, 2.45) is 0 Å². The van der Waals surface area contributed by atoms with Crippen molar-refractivity contribution >= 4 is 14.4 Å². The van der Waals surface area contributed by atoms with Crippen LogP contribution in [0.15, 0.2) is 0 Å². The van der Waals surface area contributed by atoms with Crippen LogP contribution in [0.2, 0.25) is 0 Å². The van der Waals surface area contributed by atoms with E-state index in [4.69, 9.17) is 0 Å². The first-order chi connectivity index (χ1) is 9.24. The predicted octanol–water partition coefficient (Wildman–Crippen LogP) is 3.25. The molecule has 0 saturated carbocycles. The van der Waals surface area contributed by atoms with Crippen molar-refractivity contribution in [2.75, 3.05) is 19.3 Å². The Hall–Kier alpha value is -0.0251. The van der Waals surface area contributed by atoms with Gasteiger partial charge in [-0.15, -0.1) is 0 Å². The van der Waals surface area contributed by atoms with Gasteiger partial charge in [-0.3, -0.25) is 0 Å². The van der Waals surface area contributed by atoms with Gasteiger partial charge in [0.15, 0.2) is 7.14 Å². The molecule has 1 N–H and O–H groups in total. The lowest BCUT2D eigenvalue weighted by atomic mass is 10.2. The van der Waals surface area contributed by atoms with Gasteiger partial charge in [-0.1, -0.05) is 26.7 Å². The lowest BCUT2D eigenvalue weighted by Crippen LogP contribution is -3.11. The van der Waals surface area contributed by atoms with Crippen molar-refractivity contribution in [1.29, 1.82) is 0 Å². The highest BCUT2D eigenvalue weighted by molar-refractivity contribution is 7.72. The predicted molar refractivity (Wildman–Crippen MR) is 75.4 cm³/mol. The van der Waals surface area contributed by atoms with E-state index in [2.05, 4.69) is 13.8 Å². The molecule has 0 aromatic carbocycles. The van der Waals surface area contributed by atoms with Gasteiger partial charge in [0.1, 0.15) is 5.78 Å². The van der Waals surface area contributed by atoms with Gasteiger partial charge >= 0.3 is 7.25 Å². The summed E-state index contributed by atoms with van der Waals surface area (Å²) >= 11 is 0. The van der Waals surface area contributed by atoms with Crippen LogP contribution in [0.3, 0.4) is 0 Å². The van der Waals surface area contributed by atoms with Crippen LogP contribution < -0.4 is 4.90 Å². The Kier molecular flexibility index (Phi) is 6.58. The molecule has 2 fully saturated rings. The minimum atomic E-state index is -6.00. The molecule has 8 heteroatoms. The molecule has 0 radical (unpaired) electrons. The second-order valence-electron chi connectivity index (χ2n) is 5.69. The van der Waals surface area contributed by atoms with Crippen molar-refractivity contribution in [3.05, 3.63) is 0 Å². The molecule has 0 bridgehead atoms. The first kappa shape index (κ1) is 18.0. The maximum absolute atomic E-state index is 12.6. The van der Waals surface area contributed by atoms with E-state index in [1.807, 2.05) is 0 Å². The number of nitrogens with one attached hydrogen (secondary N) is 1. The van der Waals surface area contributed by atoms with E-state index >= 15 is 0 Å². The molecule has 0 aliphatic carbocycles. The van der Waals surface area contributed by atoms with E-state index in [0.717, 1.165) is 6.16 Å². The van der Waals surface area contributed by atoms with Crippen molar-refractivity contribution in [1.82, 2.24) is 0 Å². The minimum Gasteiger partial charge on any atom is -0.418 e. The molecule has 3 atom stereocenters. The van der Waals surface area contributed by atoms with Gasteiger partial charge in [-0.05, 0) is 6.42 Å². The molecule has 2 saturated heterocycles. The molecule has 3 unspecified atom stereocenters. The summed E-state index contributed by atoms with van der Waals surface area (Å²) in [5.74, 6) is 0.580. The molecule has 0 spiro atoms. The molecule has 20 heavy (non-hydrogen) atoms. The van der Waals surface area contributed by atoms with E-state index in [0.29, 0.717) is 11.4 Å². The Morgan fingerprint density at radius 2 is 1.65 bits per heavy atom. The van der Waals surface area contributed by atoms with E-state index in [1.54, 1.807) is 4.90 Å². The zero-order chi connectivity index (χ0) is 15.4. The summed E-state index contributed by atoms with van der Waals surface area (Å²) in [5, 5.41) is 0. The van der Waals surface area contributed by atoms with Gasteiger partial charge in [0.05, 0.1) is 18.7 Å². The molecule has 120 valence electrons. The topological polar surface area (TPSA) is 21.5 Å². The Labute approximate surface area is 118 Å². The molecule has 0 aromatic heterocycles. The molecule has 0 amide bonds. The largest absolute Gasteiger partial charge is 0.673 e. The number of halogens is 4. The minimum absolute atomic E-state index is 0.580. The fourth-order valence-electron chi connectivity index (χ4n) is 3.36. The second-order valence-corrected chi connectivity index (χ2v) is 9.25. The Bertz CT molecular complexity index is 341. The highest BCUT2D eigenvalue weighted by atomic mass is 31.2. The molecule has 2 rings (SSSR count). The monoisotopic (exact) mass is 317 g/mol. The molecule has 0 aromatic rings. The van der Waals surface area contributed by atoms with Crippen LogP contribution in [0.4, 0.5) is 17.3 Å². The summed E-state index contributed by atoms with van der Waals surface area (Å²) in [4.78, 5) is 1.68. The first-order valence-electron chi connectivity index (χ1n) is 7.54. The molecular formula is C12H25BF4NOP. The van der Waals surface area contributed by atoms with Crippen LogP contribution in [0.5, 0.6) is 0 Å². The van der Waals surface area contributed by atoms with Crippen molar-refractivity contribution in [3.63, 3.8) is 0 Å². The molecular weight excluding hydrogens is 292 g/mol. The summed E-state index contributed by atoms with van der Waals surface area (Å²) < 4.78 is 51.6. The Morgan fingerprint density at radius 1 is 1.15 bits per heavy atom. The summed E-state index contributed by atoms with van der Waals surface area (Å²) in [6.07, 6.45) is 7.43. The number of unbranched alkanes of at least 4 members (excludes halogenated alkanes) is 1. The smallest absolute Gasteiger partial charge is 0.418 e. The van der Waals surface area contributed by atoms with E-state index in [1.165, 1.54) is 45.2 Å². The molecule has 2 aliphatic rings. The quantitative estimate of drug-likeness (QED) is 0.469. The maximum Gasteiger partial charge on any atom is 0.673 e. The van der Waals surface area contributed by atoms with Gasteiger partial charge in [0.2, 0.25) is 0 Å². The summed E-state index contributed by atoms with van der Waals surface area (Å²) in [6, 6.07) is 0. The Morgan fingerprint density at radius 3 is 2.05 bits per heavy atom. The van der Waals surface area contributed by atoms with Crippen LogP contribution in [0.1, 0.15) is 46.0 Å². The summed E-state index contributed by atoms with van der Waals surface area (Å²) in [6.45, 7) is 6.95. The fourth-order valence-corrected chi connectivity index (χ4v) is 7.39. The highest BCUT2D eigenvalue weighted by Gasteiger charge is 2.66. The number of quaternary nitrogens is 1. The van der Waals surface area contributed by atoms with Gasteiger partial charge in [0, 0.05) is 19.0 Å². The van der Waals surface area contributed by atoms with Crippen LogP contribution in [-0.2, 0) is 4.57 Å². The number of likely N-dealkylation sites (tertiary alicyclic amines) is 1. The SMILES string of the molecule is CCCCC1C([NH+]2CCCC2)P1(=O)CC.F[B-](F)(F)F. The van der Waals surface area contributed by atoms with Gasteiger partial charge in [-0.25, -0.2) is 0 Å². The van der Waals surface area contributed by atoms with Crippen LogP contribution in [0, 0.1) is 0 Å². The molecule has 2 nitrogen and oxygen atoms in total. The summed E-state index contributed by atoms with van der Waals surface area (Å²) in [7, 11) is -7.73. The maximum atomic E-state index is 12.6. The third-order valence-electron chi connectivity index (χ3n) is 4.32. The van der Waals surface area contributed by atoms with Crippen molar-refractivity contribution < 1.29 is 26.7 Å². The first-order valence-corrected chi connectivity index (χ1v) is 9.57. The van der Waals surface area contributed by atoms with Crippen LogP contribution in [0.25, 0.3) is 0 Å². The number of rotatable bonds is 5. The lowest BCUT2D eigenvalue weighted by molar-refractivity contribution is -0.892. The lowest BCUT2D eigenvalue weighted by Gasteiger charge is -2.10. The second kappa shape index (κ2) is 7.30. The zero-order valence-corrected chi connectivity index (χ0v) is 13.2. The normalized spacial score (nSPS) is 33.7. The fraction of sp³-hybridized carbons (Fsp3) is 1.00. The molecule has 2 aliphatic heterocycles. The zero-order valence-electron chi connectivity index (χ0n) is 12.3. The third-order valence-corrected chi connectivity index (χ3v) is 8.31. The van der Waals surface area contributed by atoms with E-state index in [-0.39, 0.29) is 0 Å². The average Bonchev–Trinajstić information content (AvgIpc) is 2.74. The summed E-state index contributed by atoms with van der Waals surface area (Å²) in [5.41, 5.74) is 0.607. The van der Waals surface area contributed by atoms with E-state index in [9.17, 15) is 21.8 Å². The van der Waals surface area contributed by atoms with Crippen molar-refractivity contribution in [2.45, 2.75) is 57.4 Å². The number of hydrogen-bond donors (Lipinski definition) is 1. The van der Waals surface area contributed by atoms with E-state index < -0.39 is 14.4 Å². The van der Waals surface area contributed by atoms with Gasteiger partial charge < -0.3 is 26.7 Å². The van der Waals surface area contributed by atoms with Gasteiger partial charge in [0.25, 0.3) is 0 Å². The van der Waals surface area contributed by atoms with Crippen LogP contribution >= 0.6 is 7.14 Å². The number of hydrogen-bond acceptors (Lipinski definition) is 1. The Balaban J connectivity index is 0.000000347. The highest BCUT2D eigenvalue weighted by Crippen LogP contribution is 2.72.